The number of methoxy groups -OCH3 is 1. The molecule has 0 amide bonds. The molecule has 1 fully saturated rings. The standard InChI is InChI=1S/C15H23NO2/c1-3-16-11-12-10-14(17-2)8-9-15(12)18-13-6-4-5-7-13/h8-10,13,16H,3-7,11H2,1-2H3. The summed E-state index contributed by atoms with van der Waals surface area (Å²) in [5.74, 6) is 1.89. The largest absolute Gasteiger partial charge is 0.497 e. The first-order valence-electron chi connectivity index (χ1n) is 6.87. The fraction of sp³-hybridized carbons (Fsp3) is 0.600. The lowest BCUT2D eigenvalue weighted by Gasteiger charge is -2.17. The van der Waals surface area contributed by atoms with Crippen molar-refractivity contribution in [3.63, 3.8) is 0 Å². The van der Waals surface area contributed by atoms with Crippen LogP contribution in [0.15, 0.2) is 18.2 Å². The Labute approximate surface area is 109 Å². The van der Waals surface area contributed by atoms with Gasteiger partial charge in [0.1, 0.15) is 11.5 Å². The first-order chi connectivity index (χ1) is 8.83. The van der Waals surface area contributed by atoms with Gasteiger partial charge in [0.05, 0.1) is 13.2 Å². The summed E-state index contributed by atoms with van der Waals surface area (Å²) in [4.78, 5) is 0. The second-order valence-corrected chi connectivity index (χ2v) is 4.78. The third-order valence-corrected chi connectivity index (χ3v) is 3.43. The average molecular weight is 249 g/mol. The first kappa shape index (κ1) is 13.2. The van der Waals surface area contributed by atoms with Crippen LogP contribution in [0.1, 0.15) is 38.2 Å². The molecule has 0 saturated heterocycles. The van der Waals surface area contributed by atoms with Crippen molar-refractivity contribution in [3.8, 4) is 11.5 Å². The summed E-state index contributed by atoms with van der Waals surface area (Å²) in [5.41, 5.74) is 1.18. The van der Waals surface area contributed by atoms with E-state index in [4.69, 9.17) is 9.47 Å². The summed E-state index contributed by atoms with van der Waals surface area (Å²) >= 11 is 0. The van der Waals surface area contributed by atoms with Crippen LogP contribution in [-0.4, -0.2) is 19.8 Å². The van der Waals surface area contributed by atoms with Gasteiger partial charge in [-0.1, -0.05) is 6.92 Å². The minimum absolute atomic E-state index is 0.402. The lowest BCUT2D eigenvalue weighted by Crippen LogP contribution is -2.16. The molecule has 1 aromatic rings. The summed E-state index contributed by atoms with van der Waals surface area (Å²) in [6.07, 6.45) is 5.37. The maximum Gasteiger partial charge on any atom is 0.124 e. The molecule has 0 atom stereocenters. The van der Waals surface area contributed by atoms with E-state index in [1.54, 1.807) is 7.11 Å². The van der Waals surface area contributed by atoms with E-state index < -0.39 is 0 Å². The number of nitrogens with one attached hydrogen (secondary N) is 1. The lowest BCUT2D eigenvalue weighted by atomic mass is 10.1. The number of ether oxygens (including phenoxy) is 2. The summed E-state index contributed by atoms with van der Waals surface area (Å²) in [6, 6.07) is 6.07. The van der Waals surface area contributed by atoms with Gasteiger partial charge in [0.25, 0.3) is 0 Å². The molecule has 1 aliphatic carbocycles. The molecule has 2 rings (SSSR count). The summed E-state index contributed by atoms with van der Waals surface area (Å²) < 4.78 is 11.4. The van der Waals surface area contributed by atoms with Gasteiger partial charge in [-0.05, 0) is 50.4 Å². The molecular formula is C15H23NO2. The Balaban J connectivity index is 2.10. The average Bonchev–Trinajstić information content (AvgIpc) is 2.90. The Morgan fingerprint density at radius 1 is 1.28 bits per heavy atom. The molecule has 0 heterocycles. The minimum Gasteiger partial charge on any atom is -0.497 e. The highest BCUT2D eigenvalue weighted by Crippen LogP contribution is 2.29. The van der Waals surface area contributed by atoms with E-state index in [0.29, 0.717) is 6.10 Å². The molecule has 3 heteroatoms. The summed E-state index contributed by atoms with van der Waals surface area (Å²) in [7, 11) is 1.70. The molecule has 0 spiro atoms. The fourth-order valence-electron chi connectivity index (χ4n) is 2.38. The molecule has 1 N–H and O–H groups in total. The van der Waals surface area contributed by atoms with E-state index in [-0.39, 0.29) is 0 Å². The molecule has 0 radical (unpaired) electrons. The predicted octanol–water partition coefficient (Wildman–Crippen LogP) is 3.13. The highest BCUT2D eigenvalue weighted by Gasteiger charge is 2.18. The SMILES string of the molecule is CCNCc1cc(OC)ccc1OC1CCCC1. The van der Waals surface area contributed by atoms with Crippen LogP contribution in [-0.2, 0) is 6.54 Å². The maximum atomic E-state index is 6.11. The molecule has 1 aliphatic rings. The molecule has 1 aromatic carbocycles. The number of rotatable bonds is 6. The molecular weight excluding hydrogens is 226 g/mol. The van der Waals surface area contributed by atoms with Gasteiger partial charge in [-0.2, -0.15) is 0 Å². The summed E-state index contributed by atoms with van der Waals surface area (Å²) in [6.45, 7) is 3.90. The van der Waals surface area contributed by atoms with E-state index in [0.717, 1.165) is 24.6 Å². The lowest BCUT2D eigenvalue weighted by molar-refractivity contribution is 0.207. The third kappa shape index (κ3) is 3.39. The molecule has 100 valence electrons. The van der Waals surface area contributed by atoms with Crippen molar-refractivity contribution < 1.29 is 9.47 Å². The van der Waals surface area contributed by atoms with Crippen LogP contribution in [0.25, 0.3) is 0 Å². The van der Waals surface area contributed by atoms with E-state index in [1.807, 2.05) is 12.1 Å². The zero-order valence-electron chi connectivity index (χ0n) is 11.4. The highest BCUT2D eigenvalue weighted by atomic mass is 16.5. The Morgan fingerprint density at radius 3 is 2.72 bits per heavy atom. The van der Waals surface area contributed by atoms with Gasteiger partial charge < -0.3 is 14.8 Å². The molecule has 3 nitrogen and oxygen atoms in total. The number of hydrogen-bond donors (Lipinski definition) is 1. The van der Waals surface area contributed by atoms with E-state index in [9.17, 15) is 0 Å². The molecule has 0 aliphatic heterocycles. The van der Waals surface area contributed by atoms with Gasteiger partial charge in [0, 0.05) is 12.1 Å². The van der Waals surface area contributed by atoms with Crippen LogP contribution in [0.4, 0.5) is 0 Å². The first-order valence-corrected chi connectivity index (χ1v) is 6.87. The fourth-order valence-corrected chi connectivity index (χ4v) is 2.38. The van der Waals surface area contributed by atoms with Crippen molar-refractivity contribution in [1.29, 1.82) is 0 Å². The minimum atomic E-state index is 0.402. The number of benzene rings is 1. The van der Waals surface area contributed by atoms with Gasteiger partial charge in [0.2, 0.25) is 0 Å². The van der Waals surface area contributed by atoms with E-state index in [1.165, 1.54) is 31.2 Å². The van der Waals surface area contributed by atoms with E-state index in [2.05, 4.69) is 18.3 Å². The van der Waals surface area contributed by atoms with Crippen molar-refractivity contribution in [3.05, 3.63) is 23.8 Å². The van der Waals surface area contributed by atoms with Crippen LogP contribution >= 0.6 is 0 Å². The topological polar surface area (TPSA) is 30.5 Å². The Kier molecular flexibility index (Phi) is 4.88. The van der Waals surface area contributed by atoms with Crippen molar-refractivity contribution in [2.45, 2.75) is 45.3 Å². The molecule has 0 aromatic heterocycles. The predicted molar refractivity (Wildman–Crippen MR) is 73.3 cm³/mol. The van der Waals surface area contributed by atoms with Crippen LogP contribution in [0.3, 0.4) is 0 Å². The zero-order chi connectivity index (χ0) is 12.8. The Bertz CT molecular complexity index is 373. The highest BCUT2D eigenvalue weighted by molar-refractivity contribution is 5.40. The van der Waals surface area contributed by atoms with Crippen LogP contribution < -0.4 is 14.8 Å². The second-order valence-electron chi connectivity index (χ2n) is 4.78. The van der Waals surface area contributed by atoms with Gasteiger partial charge in [-0.15, -0.1) is 0 Å². The quantitative estimate of drug-likeness (QED) is 0.840. The van der Waals surface area contributed by atoms with Crippen LogP contribution in [0.2, 0.25) is 0 Å². The second kappa shape index (κ2) is 6.64. The van der Waals surface area contributed by atoms with Gasteiger partial charge in [-0.25, -0.2) is 0 Å². The van der Waals surface area contributed by atoms with Gasteiger partial charge >= 0.3 is 0 Å². The van der Waals surface area contributed by atoms with E-state index >= 15 is 0 Å². The van der Waals surface area contributed by atoms with Crippen LogP contribution in [0.5, 0.6) is 11.5 Å². The van der Waals surface area contributed by atoms with Crippen LogP contribution in [0, 0.1) is 0 Å². The molecule has 0 unspecified atom stereocenters. The Morgan fingerprint density at radius 2 is 2.06 bits per heavy atom. The van der Waals surface area contributed by atoms with Gasteiger partial charge in [0.15, 0.2) is 0 Å². The normalized spacial score (nSPS) is 15.9. The Hall–Kier alpha value is -1.22. The maximum absolute atomic E-state index is 6.11. The number of hydrogen-bond acceptors (Lipinski definition) is 3. The monoisotopic (exact) mass is 249 g/mol. The summed E-state index contributed by atoms with van der Waals surface area (Å²) in [5, 5.41) is 3.35. The van der Waals surface area contributed by atoms with Crippen molar-refractivity contribution in [1.82, 2.24) is 5.32 Å². The molecule has 0 bridgehead atoms. The zero-order valence-corrected chi connectivity index (χ0v) is 11.4. The van der Waals surface area contributed by atoms with Crippen molar-refractivity contribution in [2.75, 3.05) is 13.7 Å². The van der Waals surface area contributed by atoms with Crippen molar-refractivity contribution >= 4 is 0 Å². The van der Waals surface area contributed by atoms with Crippen molar-refractivity contribution in [2.24, 2.45) is 0 Å². The smallest absolute Gasteiger partial charge is 0.124 e. The third-order valence-electron chi connectivity index (χ3n) is 3.43. The molecule has 18 heavy (non-hydrogen) atoms. The van der Waals surface area contributed by atoms with Gasteiger partial charge in [-0.3, -0.25) is 0 Å². The molecule has 1 saturated carbocycles.